The molecule has 0 aromatic heterocycles. The molecule has 0 heterocycles. The predicted octanol–water partition coefficient (Wildman–Crippen LogP) is 2.57. The third kappa shape index (κ3) is 3.04. The van der Waals surface area contributed by atoms with Crippen molar-refractivity contribution in [3.8, 4) is 12.3 Å². The third-order valence-corrected chi connectivity index (χ3v) is 3.01. The van der Waals surface area contributed by atoms with Gasteiger partial charge in [-0.3, -0.25) is 0 Å². The quantitative estimate of drug-likeness (QED) is 0.657. The molecule has 0 radical (unpaired) electrons. The van der Waals surface area contributed by atoms with Crippen LogP contribution >= 0.6 is 0 Å². The van der Waals surface area contributed by atoms with Gasteiger partial charge in [-0.15, -0.1) is 6.42 Å². The van der Waals surface area contributed by atoms with Crippen molar-refractivity contribution in [3.63, 3.8) is 0 Å². The van der Waals surface area contributed by atoms with Crippen molar-refractivity contribution in [2.24, 2.45) is 5.41 Å². The Hall–Kier alpha value is -0.480. The minimum absolute atomic E-state index is 0.277. The fraction of sp³-hybridized carbons (Fsp3) is 0.833. The zero-order valence-corrected chi connectivity index (χ0v) is 9.06. The first-order valence-corrected chi connectivity index (χ1v) is 5.29. The van der Waals surface area contributed by atoms with Crippen LogP contribution < -0.4 is 5.32 Å². The maximum Gasteiger partial charge on any atom is 0.0686 e. The minimum Gasteiger partial charge on any atom is -0.301 e. The van der Waals surface area contributed by atoms with Crippen LogP contribution in [-0.2, 0) is 0 Å². The van der Waals surface area contributed by atoms with Gasteiger partial charge in [0.15, 0.2) is 0 Å². The minimum atomic E-state index is 0.277. The van der Waals surface area contributed by atoms with E-state index in [4.69, 9.17) is 6.42 Å². The van der Waals surface area contributed by atoms with Crippen molar-refractivity contribution >= 4 is 0 Å². The molecule has 0 spiro atoms. The van der Waals surface area contributed by atoms with Crippen molar-refractivity contribution in [3.05, 3.63) is 0 Å². The Morgan fingerprint density at radius 1 is 1.62 bits per heavy atom. The number of hydrogen-bond donors (Lipinski definition) is 1. The van der Waals surface area contributed by atoms with E-state index in [0.29, 0.717) is 11.5 Å². The number of rotatable bonds is 3. The van der Waals surface area contributed by atoms with Crippen LogP contribution in [0.25, 0.3) is 0 Å². The molecule has 0 aliphatic heterocycles. The van der Waals surface area contributed by atoms with Crippen LogP contribution in [0, 0.1) is 17.8 Å². The van der Waals surface area contributed by atoms with Gasteiger partial charge in [0.2, 0.25) is 0 Å². The molecule has 1 aliphatic carbocycles. The largest absolute Gasteiger partial charge is 0.301 e. The highest BCUT2D eigenvalue weighted by Crippen LogP contribution is 2.37. The van der Waals surface area contributed by atoms with E-state index in [1.165, 1.54) is 19.3 Å². The maximum absolute atomic E-state index is 5.42. The van der Waals surface area contributed by atoms with Gasteiger partial charge in [-0.05, 0) is 31.1 Å². The fourth-order valence-corrected chi connectivity index (χ4v) is 2.15. The standard InChI is InChI=1S/C12H21N/c1-5-10(6-2)13-11-7-8-12(3,4)9-11/h1,10-11,13H,6-9H2,2-4H3. The Morgan fingerprint density at radius 3 is 2.69 bits per heavy atom. The van der Waals surface area contributed by atoms with Crippen molar-refractivity contribution in [1.82, 2.24) is 5.32 Å². The first-order valence-electron chi connectivity index (χ1n) is 5.29. The summed E-state index contributed by atoms with van der Waals surface area (Å²) in [5.41, 5.74) is 0.518. The lowest BCUT2D eigenvalue weighted by Gasteiger charge is -2.20. The fourth-order valence-electron chi connectivity index (χ4n) is 2.15. The molecule has 0 bridgehead atoms. The zero-order chi connectivity index (χ0) is 9.90. The summed E-state index contributed by atoms with van der Waals surface area (Å²) in [5, 5.41) is 3.53. The van der Waals surface area contributed by atoms with Crippen molar-refractivity contribution in [1.29, 1.82) is 0 Å². The van der Waals surface area contributed by atoms with E-state index in [1.807, 2.05) is 0 Å². The Balaban J connectivity index is 2.36. The molecule has 0 amide bonds. The lowest BCUT2D eigenvalue weighted by molar-refractivity contribution is 0.359. The number of hydrogen-bond acceptors (Lipinski definition) is 1. The topological polar surface area (TPSA) is 12.0 Å². The van der Waals surface area contributed by atoms with Crippen molar-refractivity contribution in [2.45, 2.75) is 58.5 Å². The molecule has 1 N–H and O–H groups in total. The summed E-state index contributed by atoms with van der Waals surface area (Å²) in [6.07, 6.45) is 10.3. The van der Waals surface area contributed by atoms with Gasteiger partial charge in [-0.2, -0.15) is 0 Å². The van der Waals surface area contributed by atoms with E-state index in [-0.39, 0.29) is 6.04 Å². The molecule has 74 valence electrons. The lowest BCUT2D eigenvalue weighted by Crippen LogP contribution is -2.35. The highest BCUT2D eigenvalue weighted by atomic mass is 15.0. The Bertz CT molecular complexity index is 200. The van der Waals surface area contributed by atoms with Gasteiger partial charge in [-0.1, -0.05) is 26.7 Å². The smallest absolute Gasteiger partial charge is 0.0686 e. The summed E-state index contributed by atoms with van der Waals surface area (Å²) in [6.45, 7) is 6.81. The van der Waals surface area contributed by atoms with Crippen LogP contribution in [0.5, 0.6) is 0 Å². The SMILES string of the molecule is C#CC(CC)NC1CCC(C)(C)C1. The molecule has 0 aromatic carbocycles. The van der Waals surface area contributed by atoms with Crippen LogP contribution in [0.15, 0.2) is 0 Å². The Labute approximate surface area is 82.3 Å². The number of terminal acetylenes is 1. The second-order valence-corrected chi connectivity index (χ2v) is 4.90. The molecule has 2 atom stereocenters. The normalized spacial score (nSPS) is 28.3. The monoisotopic (exact) mass is 179 g/mol. The molecule has 2 unspecified atom stereocenters. The van der Waals surface area contributed by atoms with E-state index in [2.05, 4.69) is 32.0 Å². The zero-order valence-electron chi connectivity index (χ0n) is 9.06. The van der Waals surface area contributed by atoms with Gasteiger partial charge in [0.1, 0.15) is 0 Å². The second kappa shape index (κ2) is 4.15. The lowest BCUT2D eigenvalue weighted by atomic mass is 9.92. The van der Waals surface area contributed by atoms with Crippen LogP contribution in [0.2, 0.25) is 0 Å². The van der Waals surface area contributed by atoms with E-state index in [9.17, 15) is 0 Å². The summed E-state index contributed by atoms with van der Waals surface area (Å²) in [7, 11) is 0. The van der Waals surface area contributed by atoms with Crippen LogP contribution in [0.4, 0.5) is 0 Å². The summed E-state index contributed by atoms with van der Waals surface area (Å²) in [5.74, 6) is 2.79. The number of nitrogens with one attached hydrogen (secondary N) is 1. The average molecular weight is 179 g/mol. The van der Waals surface area contributed by atoms with E-state index < -0.39 is 0 Å². The first-order chi connectivity index (χ1) is 6.07. The summed E-state index contributed by atoms with van der Waals surface area (Å²) in [6, 6.07) is 0.926. The van der Waals surface area contributed by atoms with Gasteiger partial charge in [-0.25, -0.2) is 0 Å². The summed E-state index contributed by atoms with van der Waals surface area (Å²) in [4.78, 5) is 0. The van der Waals surface area contributed by atoms with Gasteiger partial charge in [0, 0.05) is 6.04 Å². The van der Waals surface area contributed by atoms with Crippen LogP contribution in [-0.4, -0.2) is 12.1 Å². The molecule has 1 fully saturated rings. The molecule has 1 aliphatic rings. The highest BCUT2D eigenvalue weighted by Gasteiger charge is 2.31. The summed E-state index contributed by atoms with van der Waals surface area (Å²) >= 11 is 0. The van der Waals surface area contributed by atoms with Gasteiger partial charge < -0.3 is 5.32 Å². The van der Waals surface area contributed by atoms with E-state index in [0.717, 1.165) is 6.42 Å². The predicted molar refractivity (Wildman–Crippen MR) is 57.5 cm³/mol. The second-order valence-electron chi connectivity index (χ2n) is 4.90. The van der Waals surface area contributed by atoms with Gasteiger partial charge >= 0.3 is 0 Å². The maximum atomic E-state index is 5.42. The summed E-state index contributed by atoms with van der Waals surface area (Å²) < 4.78 is 0. The van der Waals surface area contributed by atoms with Crippen LogP contribution in [0.3, 0.4) is 0 Å². The molecular formula is C12H21N. The van der Waals surface area contributed by atoms with E-state index >= 15 is 0 Å². The molecule has 0 aromatic rings. The molecular weight excluding hydrogens is 158 g/mol. The van der Waals surface area contributed by atoms with E-state index in [1.54, 1.807) is 0 Å². The third-order valence-electron chi connectivity index (χ3n) is 3.01. The van der Waals surface area contributed by atoms with Crippen molar-refractivity contribution in [2.75, 3.05) is 0 Å². The molecule has 1 rings (SSSR count). The Kier molecular flexibility index (Phi) is 3.39. The molecule has 0 saturated heterocycles. The average Bonchev–Trinajstić information content (AvgIpc) is 2.41. The molecule has 1 heteroatoms. The first kappa shape index (κ1) is 10.6. The van der Waals surface area contributed by atoms with Crippen molar-refractivity contribution < 1.29 is 0 Å². The molecule has 13 heavy (non-hydrogen) atoms. The van der Waals surface area contributed by atoms with Gasteiger partial charge in [0.25, 0.3) is 0 Å². The van der Waals surface area contributed by atoms with Gasteiger partial charge in [0.05, 0.1) is 6.04 Å². The highest BCUT2D eigenvalue weighted by molar-refractivity contribution is 5.00. The molecule has 1 nitrogen and oxygen atoms in total. The molecule has 1 saturated carbocycles. The Morgan fingerprint density at radius 2 is 2.31 bits per heavy atom. The van der Waals surface area contributed by atoms with Crippen LogP contribution in [0.1, 0.15) is 46.5 Å².